The molecule has 0 aliphatic rings. The van der Waals surface area contributed by atoms with E-state index in [0.717, 1.165) is 18.5 Å². The summed E-state index contributed by atoms with van der Waals surface area (Å²) in [6.45, 7) is 2.80. The molecule has 1 aromatic heterocycles. The standard InChI is InChI=1S/C11H15N3/c1-3-5-10(4-2)14-9-11-8-12-6-7-13-11/h2,6-8,10,14H,3,5,9H2,1H3. The molecule has 1 unspecified atom stereocenters. The van der Waals surface area contributed by atoms with Crippen molar-refractivity contribution >= 4 is 0 Å². The Morgan fingerprint density at radius 3 is 3.00 bits per heavy atom. The van der Waals surface area contributed by atoms with Gasteiger partial charge in [-0.15, -0.1) is 6.42 Å². The minimum atomic E-state index is 0.141. The average Bonchev–Trinajstić information content (AvgIpc) is 2.25. The molecule has 1 N–H and O–H groups in total. The van der Waals surface area contributed by atoms with Crippen LogP contribution in [0.5, 0.6) is 0 Å². The van der Waals surface area contributed by atoms with Gasteiger partial charge in [0, 0.05) is 25.1 Å². The second kappa shape index (κ2) is 6.11. The first-order valence-corrected chi connectivity index (χ1v) is 4.81. The van der Waals surface area contributed by atoms with Crippen molar-refractivity contribution in [2.24, 2.45) is 0 Å². The summed E-state index contributed by atoms with van der Waals surface area (Å²) in [5, 5.41) is 3.25. The predicted octanol–water partition coefficient (Wildman–Crippen LogP) is 1.37. The molecule has 0 bridgehead atoms. The Bertz CT molecular complexity index is 289. The highest BCUT2D eigenvalue weighted by molar-refractivity contribution is 5.01. The molecule has 3 heteroatoms. The van der Waals surface area contributed by atoms with E-state index in [2.05, 4.69) is 28.1 Å². The van der Waals surface area contributed by atoms with E-state index in [0.29, 0.717) is 6.54 Å². The summed E-state index contributed by atoms with van der Waals surface area (Å²) in [6, 6.07) is 0.141. The largest absolute Gasteiger partial charge is 0.298 e. The van der Waals surface area contributed by atoms with Crippen molar-refractivity contribution in [2.45, 2.75) is 32.4 Å². The minimum Gasteiger partial charge on any atom is -0.298 e. The van der Waals surface area contributed by atoms with E-state index in [9.17, 15) is 0 Å². The van der Waals surface area contributed by atoms with Gasteiger partial charge in [-0.3, -0.25) is 15.3 Å². The van der Waals surface area contributed by atoms with Crippen molar-refractivity contribution in [1.29, 1.82) is 0 Å². The lowest BCUT2D eigenvalue weighted by atomic mass is 10.2. The van der Waals surface area contributed by atoms with Crippen LogP contribution in [-0.2, 0) is 6.54 Å². The molecule has 0 amide bonds. The van der Waals surface area contributed by atoms with E-state index in [1.165, 1.54) is 0 Å². The highest BCUT2D eigenvalue weighted by Gasteiger charge is 2.02. The highest BCUT2D eigenvalue weighted by Crippen LogP contribution is 1.97. The van der Waals surface area contributed by atoms with E-state index < -0.39 is 0 Å². The highest BCUT2D eigenvalue weighted by atomic mass is 14.9. The second-order valence-corrected chi connectivity index (χ2v) is 3.09. The first-order valence-electron chi connectivity index (χ1n) is 4.81. The molecule has 14 heavy (non-hydrogen) atoms. The Kier molecular flexibility index (Phi) is 4.66. The summed E-state index contributed by atoms with van der Waals surface area (Å²) >= 11 is 0. The molecule has 1 aromatic rings. The van der Waals surface area contributed by atoms with Gasteiger partial charge in [-0.2, -0.15) is 0 Å². The van der Waals surface area contributed by atoms with Gasteiger partial charge >= 0.3 is 0 Å². The Balaban J connectivity index is 2.37. The zero-order valence-electron chi connectivity index (χ0n) is 8.40. The maximum atomic E-state index is 5.37. The SMILES string of the molecule is C#CC(CCC)NCc1cnccn1. The normalized spacial score (nSPS) is 12.0. The number of terminal acetylenes is 1. The molecule has 0 aliphatic heterocycles. The number of rotatable bonds is 5. The summed E-state index contributed by atoms with van der Waals surface area (Å²) in [5.41, 5.74) is 0.920. The third kappa shape index (κ3) is 3.55. The molecule has 0 aliphatic carbocycles. The lowest BCUT2D eigenvalue weighted by Gasteiger charge is -2.10. The first-order chi connectivity index (χ1) is 6.86. The van der Waals surface area contributed by atoms with Gasteiger partial charge in [0.2, 0.25) is 0 Å². The van der Waals surface area contributed by atoms with Crippen molar-refractivity contribution in [3.05, 3.63) is 24.3 Å². The Hall–Kier alpha value is -1.40. The summed E-state index contributed by atoms with van der Waals surface area (Å²) < 4.78 is 0. The molecule has 3 nitrogen and oxygen atoms in total. The lowest BCUT2D eigenvalue weighted by molar-refractivity contribution is 0.556. The van der Waals surface area contributed by atoms with Gasteiger partial charge in [-0.1, -0.05) is 19.3 Å². The molecular formula is C11H15N3. The van der Waals surface area contributed by atoms with Crippen LogP contribution in [0.25, 0.3) is 0 Å². The van der Waals surface area contributed by atoms with Crippen LogP contribution in [0.15, 0.2) is 18.6 Å². The van der Waals surface area contributed by atoms with Crippen LogP contribution >= 0.6 is 0 Å². The van der Waals surface area contributed by atoms with Crippen LogP contribution in [0.3, 0.4) is 0 Å². The molecular weight excluding hydrogens is 174 g/mol. The number of hydrogen-bond donors (Lipinski definition) is 1. The fourth-order valence-electron chi connectivity index (χ4n) is 1.18. The zero-order chi connectivity index (χ0) is 10.2. The van der Waals surface area contributed by atoms with Crippen molar-refractivity contribution in [1.82, 2.24) is 15.3 Å². The monoisotopic (exact) mass is 189 g/mol. The van der Waals surface area contributed by atoms with Gasteiger partial charge in [-0.05, 0) is 6.42 Å². The van der Waals surface area contributed by atoms with E-state index in [-0.39, 0.29) is 6.04 Å². The molecule has 1 heterocycles. The fraction of sp³-hybridized carbons (Fsp3) is 0.455. The maximum absolute atomic E-state index is 5.37. The van der Waals surface area contributed by atoms with E-state index >= 15 is 0 Å². The Labute approximate surface area is 85.0 Å². The van der Waals surface area contributed by atoms with Gasteiger partial charge in [-0.25, -0.2) is 0 Å². The topological polar surface area (TPSA) is 37.8 Å². The first kappa shape index (κ1) is 10.7. The van der Waals surface area contributed by atoms with Gasteiger partial charge in [0.05, 0.1) is 11.7 Å². The minimum absolute atomic E-state index is 0.141. The van der Waals surface area contributed by atoms with Gasteiger partial charge in [0.15, 0.2) is 0 Å². The third-order valence-electron chi connectivity index (χ3n) is 1.92. The quantitative estimate of drug-likeness (QED) is 0.711. The van der Waals surface area contributed by atoms with Gasteiger partial charge in [0.1, 0.15) is 0 Å². The molecule has 0 aromatic carbocycles. The van der Waals surface area contributed by atoms with Gasteiger partial charge in [0.25, 0.3) is 0 Å². The van der Waals surface area contributed by atoms with Crippen molar-refractivity contribution in [3.8, 4) is 12.3 Å². The third-order valence-corrected chi connectivity index (χ3v) is 1.92. The van der Waals surface area contributed by atoms with E-state index in [1.54, 1.807) is 18.6 Å². The van der Waals surface area contributed by atoms with E-state index in [4.69, 9.17) is 6.42 Å². The molecule has 0 radical (unpaired) electrons. The number of nitrogens with one attached hydrogen (secondary N) is 1. The summed E-state index contributed by atoms with van der Waals surface area (Å²) in [6.07, 6.45) is 12.5. The molecule has 1 rings (SSSR count). The Morgan fingerprint density at radius 2 is 2.43 bits per heavy atom. The summed E-state index contributed by atoms with van der Waals surface area (Å²) in [4.78, 5) is 8.13. The van der Waals surface area contributed by atoms with Gasteiger partial charge < -0.3 is 0 Å². The zero-order valence-corrected chi connectivity index (χ0v) is 8.40. The lowest BCUT2D eigenvalue weighted by Crippen LogP contribution is -2.27. The predicted molar refractivity (Wildman–Crippen MR) is 56.4 cm³/mol. The van der Waals surface area contributed by atoms with Crippen molar-refractivity contribution in [2.75, 3.05) is 0 Å². The summed E-state index contributed by atoms with van der Waals surface area (Å²) in [7, 11) is 0. The fourth-order valence-corrected chi connectivity index (χ4v) is 1.18. The van der Waals surface area contributed by atoms with Crippen LogP contribution < -0.4 is 5.32 Å². The number of hydrogen-bond acceptors (Lipinski definition) is 3. The van der Waals surface area contributed by atoms with Crippen LogP contribution in [0.4, 0.5) is 0 Å². The smallest absolute Gasteiger partial charge is 0.0724 e. The van der Waals surface area contributed by atoms with Crippen LogP contribution in [0, 0.1) is 12.3 Å². The molecule has 0 saturated heterocycles. The van der Waals surface area contributed by atoms with Crippen LogP contribution in [0.2, 0.25) is 0 Å². The number of aromatic nitrogens is 2. The molecule has 0 fully saturated rings. The molecule has 74 valence electrons. The maximum Gasteiger partial charge on any atom is 0.0724 e. The molecule has 0 saturated carbocycles. The van der Waals surface area contributed by atoms with Crippen LogP contribution in [0.1, 0.15) is 25.5 Å². The van der Waals surface area contributed by atoms with Crippen molar-refractivity contribution in [3.63, 3.8) is 0 Å². The number of nitrogens with zero attached hydrogens (tertiary/aromatic N) is 2. The summed E-state index contributed by atoms with van der Waals surface area (Å²) in [5.74, 6) is 2.71. The molecule has 1 atom stereocenters. The van der Waals surface area contributed by atoms with Crippen molar-refractivity contribution < 1.29 is 0 Å². The average molecular weight is 189 g/mol. The second-order valence-electron chi connectivity index (χ2n) is 3.09. The molecule has 0 spiro atoms. The van der Waals surface area contributed by atoms with Crippen LogP contribution in [-0.4, -0.2) is 16.0 Å². The Morgan fingerprint density at radius 1 is 1.57 bits per heavy atom. The van der Waals surface area contributed by atoms with E-state index in [1.807, 2.05) is 0 Å².